The first-order chi connectivity index (χ1) is 14.2. The molecule has 4 aromatic rings. The number of H-pyrrole nitrogens is 1. The molecular formula is C21H19N7O. The van der Waals surface area contributed by atoms with Gasteiger partial charge in [0, 0.05) is 11.1 Å². The van der Waals surface area contributed by atoms with Crippen molar-refractivity contribution in [3.63, 3.8) is 0 Å². The van der Waals surface area contributed by atoms with Gasteiger partial charge in [-0.25, -0.2) is 5.10 Å². The predicted octanol–water partition coefficient (Wildman–Crippen LogP) is 2.99. The molecule has 2 aromatic heterocycles. The first-order valence-electron chi connectivity index (χ1n) is 9.49. The Morgan fingerprint density at radius 2 is 1.83 bits per heavy atom. The fourth-order valence-electron chi connectivity index (χ4n) is 3.71. The van der Waals surface area contributed by atoms with E-state index in [0.717, 1.165) is 28.7 Å². The molecule has 0 saturated carbocycles. The van der Waals surface area contributed by atoms with Crippen LogP contribution < -0.4 is 10.9 Å². The van der Waals surface area contributed by atoms with Crippen molar-refractivity contribution >= 4 is 11.6 Å². The summed E-state index contributed by atoms with van der Waals surface area (Å²) >= 11 is 0. The highest BCUT2D eigenvalue weighted by Gasteiger charge is 2.34. The minimum absolute atomic E-state index is 0.305. The highest BCUT2D eigenvalue weighted by Crippen LogP contribution is 2.40. The third-order valence-corrected chi connectivity index (χ3v) is 5.30. The molecule has 8 heteroatoms. The van der Waals surface area contributed by atoms with Gasteiger partial charge in [0.05, 0.1) is 5.69 Å². The zero-order valence-corrected chi connectivity index (χ0v) is 16.0. The first kappa shape index (κ1) is 17.3. The molecular weight excluding hydrogens is 366 g/mol. The summed E-state index contributed by atoms with van der Waals surface area (Å²) in [5.41, 5.74) is 5.85. The molecule has 0 aliphatic carbocycles. The van der Waals surface area contributed by atoms with Crippen LogP contribution in [-0.2, 0) is 6.42 Å². The summed E-state index contributed by atoms with van der Waals surface area (Å²) in [4.78, 5) is 12.7. The van der Waals surface area contributed by atoms with E-state index < -0.39 is 0 Å². The number of aromatic amines is 1. The molecule has 0 unspecified atom stereocenters. The lowest BCUT2D eigenvalue weighted by atomic mass is 9.91. The van der Waals surface area contributed by atoms with Crippen LogP contribution in [0.15, 0.2) is 53.3 Å². The van der Waals surface area contributed by atoms with E-state index in [0.29, 0.717) is 17.3 Å². The maximum Gasteiger partial charge on any atom is 0.288 e. The van der Waals surface area contributed by atoms with Gasteiger partial charge in [0.15, 0.2) is 0 Å². The Kier molecular flexibility index (Phi) is 3.97. The quantitative estimate of drug-likeness (QED) is 0.495. The summed E-state index contributed by atoms with van der Waals surface area (Å²) in [6.45, 7) is 4.15. The van der Waals surface area contributed by atoms with Gasteiger partial charge in [0.2, 0.25) is 5.95 Å². The van der Waals surface area contributed by atoms with Crippen LogP contribution in [0.1, 0.15) is 35.2 Å². The maximum absolute atomic E-state index is 12.7. The SMILES string of the molecule is CCc1ccc([C@H]2c3c(-c4ccc(C)cc4)n[nH]c(=O)c3Nc3nnnn32)cc1. The molecule has 0 radical (unpaired) electrons. The van der Waals surface area contributed by atoms with Crippen LogP contribution in [0.4, 0.5) is 11.6 Å². The first-order valence-corrected chi connectivity index (χ1v) is 9.49. The lowest BCUT2D eigenvalue weighted by molar-refractivity contribution is 0.567. The molecule has 0 spiro atoms. The van der Waals surface area contributed by atoms with Gasteiger partial charge in [-0.3, -0.25) is 4.79 Å². The van der Waals surface area contributed by atoms with Crippen LogP contribution >= 0.6 is 0 Å². The standard InChI is InChI=1S/C21H19N7O/c1-3-13-6-10-15(11-7-13)19-16-17(14-8-4-12(2)5-9-14)23-24-20(29)18(16)22-21-25-26-27-28(19)21/h4-11,19H,3H2,1-2H3,(H,24,29)(H,22,25,27)/t19-/m0/s1. The number of aryl methyl sites for hydroxylation is 2. The molecule has 144 valence electrons. The van der Waals surface area contributed by atoms with Crippen LogP contribution in [0.2, 0.25) is 0 Å². The number of anilines is 2. The number of hydrogen-bond donors (Lipinski definition) is 2. The van der Waals surface area contributed by atoms with Gasteiger partial charge >= 0.3 is 0 Å². The van der Waals surface area contributed by atoms with E-state index >= 15 is 0 Å². The lowest BCUT2D eigenvalue weighted by Gasteiger charge is -2.28. The Morgan fingerprint density at radius 1 is 1.07 bits per heavy atom. The summed E-state index contributed by atoms with van der Waals surface area (Å²) in [6.07, 6.45) is 0.953. The summed E-state index contributed by atoms with van der Waals surface area (Å²) in [5.74, 6) is 0.425. The van der Waals surface area contributed by atoms with Crippen LogP contribution in [0, 0.1) is 6.92 Å². The van der Waals surface area contributed by atoms with E-state index in [1.165, 1.54) is 5.56 Å². The summed E-state index contributed by atoms with van der Waals surface area (Å²) < 4.78 is 1.70. The van der Waals surface area contributed by atoms with E-state index in [-0.39, 0.29) is 11.6 Å². The summed E-state index contributed by atoms with van der Waals surface area (Å²) in [5, 5.41) is 22.1. The molecule has 0 saturated heterocycles. The average Bonchev–Trinajstić information content (AvgIpc) is 3.22. The average molecular weight is 385 g/mol. The molecule has 2 aromatic carbocycles. The van der Waals surface area contributed by atoms with Crippen LogP contribution in [0.3, 0.4) is 0 Å². The Hall–Kier alpha value is -3.81. The number of tetrazole rings is 1. The van der Waals surface area contributed by atoms with Crippen LogP contribution in [-0.4, -0.2) is 30.4 Å². The van der Waals surface area contributed by atoms with Crippen molar-refractivity contribution in [1.29, 1.82) is 0 Å². The molecule has 1 aliphatic heterocycles. The van der Waals surface area contributed by atoms with Crippen molar-refractivity contribution in [1.82, 2.24) is 30.4 Å². The summed E-state index contributed by atoms with van der Waals surface area (Å²) in [6, 6.07) is 16.0. The fraction of sp³-hybridized carbons (Fsp3) is 0.190. The van der Waals surface area contributed by atoms with Crippen molar-refractivity contribution in [3.8, 4) is 11.3 Å². The minimum Gasteiger partial charge on any atom is -0.318 e. The number of nitrogens with one attached hydrogen (secondary N) is 2. The van der Waals surface area contributed by atoms with E-state index in [1.807, 2.05) is 31.2 Å². The monoisotopic (exact) mass is 385 g/mol. The number of hydrogen-bond acceptors (Lipinski definition) is 6. The highest BCUT2D eigenvalue weighted by atomic mass is 16.1. The molecule has 0 amide bonds. The fourth-order valence-corrected chi connectivity index (χ4v) is 3.71. The second kappa shape index (κ2) is 6.66. The number of nitrogens with zero attached hydrogens (tertiary/aromatic N) is 5. The highest BCUT2D eigenvalue weighted by molar-refractivity contribution is 5.75. The normalized spacial score (nSPS) is 14.8. The topological polar surface area (TPSA) is 101 Å². The largest absolute Gasteiger partial charge is 0.318 e. The van der Waals surface area contributed by atoms with Crippen molar-refractivity contribution in [2.24, 2.45) is 0 Å². The Morgan fingerprint density at radius 3 is 2.55 bits per heavy atom. The number of aromatic nitrogens is 6. The summed E-state index contributed by atoms with van der Waals surface area (Å²) in [7, 11) is 0. The Balaban J connectivity index is 1.78. The molecule has 5 rings (SSSR count). The van der Waals surface area contributed by atoms with E-state index in [9.17, 15) is 4.79 Å². The van der Waals surface area contributed by atoms with Gasteiger partial charge in [-0.15, -0.1) is 0 Å². The van der Waals surface area contributed by atoms with Gasteiger partial charge in [0.1, 0.15) is 11.7 Å². The van der Waals surface area contributed by atoms with Crippen molar-refractivity contribution < 1.29 is 0 Å². The van der Waals surface area contributed by atoms with Crippen molar-refractivity contribution in [2.45, 2.75) is 26.3 Å². The zero-order valence-electron chi connectivity index (χ0n) is 16.0. The third kappa shape index (κ3) is 2.80. The van der Waals surface area contributed by atoms with Crippen LogP contribution in [0.25, 0.3) is 11.3 Å². The molecule has 8 nitrogen and oxygen atoms in total. The van der Waals surface area contributed by atoms with Gasteiger partial charge in [-0.05, 0) is 34.9 Å². The molecule has 0 bridgehead atoms. The maximum atomic E-state index is 12.7. The molecule has 1 aliphatic rings. The van der Waals surface area contributed by atoms with Crippen molar-refractivity contribution in [3.05, 3.63) is 81.1 Å². The molecule has 0 fully saturated rings. The molecule has 2 N–H and O–H groups in total. The van der Waals surface area contributed by atoms with Gasteiger partial charge in [0.25, 0.3) is 5.56 Å². The lowest BCUT2D eigenvalue weighted by Crippen LogP contribution is -2.29. The van der Waals surface area contributed by atoms with E-state index in [4.69, 9.17) is 0 Å². The van der Waals surface area contributed by atoms with Gasteiger partial charge in [-0.1, -0.05) is 66.1 Å². The Bertz CT molecular complexity index is 1240. The second-order valence-electron chi connectivity index (χ2n) is 7.13. The van der Waals surface area contributed by atoms with Crippen LogP contribution in [0.5, 0.6) is 0 Å². The molecule has 3 heterocycles. The number of benzene rings is 2. The van der Waals surface area contributed by atoms with E-state index in [2.05, 4.69) is 62.2 Å². The predicted molar refractivity (Wildman–Crippen MR) is 109 cm³/mol. The smallest absolute Gasteiger partial charge is 0.288 e. The minimum atomic E-state index is -0.367. The van der Waals surface area contributed by atoms with Gasteiger partial charge < -0.3 is 5.32 Å². The number of rotatable bonds is 3. The zero-order chi connectivity index (χ0) is 20.0. The third-order valence-electron chi connectivity index (χ3n) is 5.30. The van der Waals surface area contributed by atoms with Crippen molar-refractivity contribution in [2.75, 3.05) is 5.32 Å². The molecule has 29 heavy (non-hydrogen) atoms. The van der Waals surface area contributed by atoms with Gasteiger partial charge in [-0.2, -0.15) is 9.78 Å². The second-order valence-corrected chi connectivity index (χ2v) is 7.13. The number of fused-ring (bicyclic) bond motifs is 2. The van der Waals surface area contributed by atoms with E-state index in [1.54, 1.807) is 4.68 Å². The molecule has 1 atom stereocenters. The Labute approximate surface area is 166 Å².